The van der Waals surface area contributed by atoms with E-state index in [1.807, 2.05) is 0 Å². The van der Waals surface area contributed by atoms with Crippen LogP contribution in [0.5, 0.6) is 0 Å². The predicted molar refractivity (Wildman–Crippen MR) is 46.1 cm³/mol. The minimum absolute atomic E-state index is 0.0110. The lowest BCUT2D eigenvalue weighted by Crippen LogP contribution is -2.23. The molecular weight excluding hydrogens is 138 g/mol. The second-order valence-corrected chi connectivity index (χ2v) is 4.97. The van der Waals surface area contributed by atoms with Gasteiger partial charge in [-0.25, -0.2) is 0 Å². The molecule has 0 heterocycles. The Balaban J connectivity index is 2.67. The zero-order chi connectivity index (χ0) is 8.86. The summed E-state index contributed by atoms with van der Waals surface area (Å²) in [6.07, 6.45) is 0. The third-order valence-electron chi connectivity index (χ3n) is 3.16. The fraction of sp³-hybridized carbons (Fsp3) is 1.00. The minimum atomic E-state index is -0.0110. The van der Waals surface area contributed by atoms with Crippen molar-refractivity contribution in [2.75, 3.05) is 6.61 Å². The summed E-state index contributed by atoms with van der Waals surface area (Å²) in [5, 5.41) is 9.10. The Morgan fingerprint density at radius 1 is 1.45 bits per heavy atom. The van der Waals surface area contributed by atoms with Gasteiger partial charge in [0.2, 0.25) is 0 Å². The number of aliphatic hydroxyl groups is 1. The van der Waals surface area contributed by atoms with Crippen molar-refractivity contribution in [3.05, 3.63) is 0 Å². The van der Waals surface area contributed by atoms with E-state index in [-0.39, 0.29) is 23.5 Å². The Kier molecular flexibility index (Phi) is 1.81. The zero-order valence-electron chi connectivity index (χ0n) is 7.89. The number of rotatable bonds is 2. The smallest absolute Gasteiger partial charge is 0.0485 e. The first kappa shape index (κ1) is 9.01. The first-order valence-corrected chi connectivity index (χ1v) is 4.20. The molecule has 3 N–H and O–H groups in total. The highest BCUT2D eigenvalue weighted by molar-refractivity contribution is 5.13. The van der Waals surface area contributed by atoms with Crippen LogP contribution in [-0.4, -0.2) is 17.8 Å². The van der Waals surface area contributed by atoms with Crippen LogP contribution < -0.4 is 5.73 Å². The van der Waals surface area contributed by atoms with Gasteiger partial charge in [0.05, 0.1) is 0 Å². The van der Waals surface area contributed by atoms with Gasteiger partial charge in [-0.1, -0.05) is 27.7 Å². The van der Waals surface area contributed by atoms with E-state index >= 15 is 0 Å². The molecule has 1 rings (SSSR count). The maximum atomic E-state index is 9.10. The standard InChI is InChI=1S/C9H19NO/c1-8(2,5-11)6-7(10)9(6,3)4/h6-7,11H,5,10H2,1-4H3/t6-,7+/m1/s1. The highest BCUT2D eigenvalue weighted by Crippen LogP contribution is 2.58. The molecule has 0 aromatic rings. The van der Waals surface area contributed by atoms with Crippen molar-refractivity contribution in [3.63, 3.8) is 0 Å². The van der Waals surface area contributed by atoms with Crippen LogP contribution in [0.15, 0.2) is 0 Å². The summed E-state index contributed by atoms with van der Waals surface area (Å²) in [6.45, 7) is 8.72. The van der Waals surface area contributed by atoms with E-state index in [0.29, 0.717) is 5.92 Å². The number of hydrogen-bond acceptors (Lipinski definition) is 2. The lowest BCUT2D eigenvalue weighted by atomic mass is 9.84. The second-order valence-electron chi connectivity index (χ2n) is 4.97. The van der Waals surface area contributed by atoms with Gasteiger partial charge in [-0.05, 0) is 16.7 Å². The Morgan fingerprint density at radius 3 is 1.91 bits per heavy atom. The minimum Gasteiger partial charge on any atom is -0.396 e. The first-order chi connectivity index (χ1) is 4.84. The van der Waals surface area contributed by atoms with Crippen molar-refractivity contribution >= 4 is 0 Å². The molecule has 1 aliphatic rings. The van der Waals surface area contributed by atoms with E-state index in [2.05, 4.69) is 27.7 Å². The molecule has 0 aromatic heterocycles. The average Bonchev–Trinajstić information content (AvgIpc) is 2.34. The normalized spacial score (nSPS) is 35.5. The van der Waals surface area contributed by atoms with Crippen LogP contribution >= 0.6 is 0 Å². The molecule has 2 heteroatoms. The Bertz CT molecular complexity index is 163. The van der Waals surface area contributed by atoms with Crippen molar-refractivity contribution in [1.29, 1.82) is 0 Å². The van der Waals surface area contributed by atoms with Gasteiger partial charge in [-0.2, -0.15) is 0 Å². The van der Waals surface area contributed by atoms with Crippen LogP contribution in [0.2, 0.25) is 0 Å². The lowest BCUT2D eigenvalue weighted by Gasteiger charge is -2.23. The molecule has 0 bridgehead atoms. The third-order valence-corrected chi connectivity index (χ3v) is 3.16. The summed E-state index contributed by atoms with van der Waals surface area (Å²) in [5.74, 6) is 0.472. The Hall–Kier alpha value is -0.0800. The SMILES string of the molecule is CC(C)(CO)[C@H]1[C@H](N)C1(C)C. The molecule has 11 heavy (non-hydrogen) atoms. The molecule has 0 aliphatic heterocycles. The Labute approximate surface area is 68.8 Å². The van der Waals surface area contributed by atoms with Gasteiger partial charge in [0.25, 0.3) is 0 Å². The molecule has 66 valence electrons. The summed E-state index contributed by atoms with van der Waals surface area (Å²) < 4.78 is 0. The highest BCUT2D eigenvalue weighted by atomic mass is 16.3. The van der Waals surface area contributed by atoms with Crippen molar-refractivity contribution in [3.8, 4) is 0 Å². The molecule has 0 saturated heterocycles. The van der Waals surface area contributed by atoms with Crippen molar-refractivity contribution < 1.29 is 5.11 Å². The first-order valence-electron chi connectivity index (χ1n) is 4.20. The van der Waals surface area contributed by atoms with Gasteiger partial charge >= 0.3 is 0 Å². The van der Waals surface area contributed by atoms with Gasteiger partial charge < -0.3 is 10.8 Å². The van der Waals surface area contributed by atoms with Crippen molar-refractivity contribution in [2.24, 2.45) is 22.5 Å². The summed E-state index contributed by atoms with van der Waals surface area (Å²) >= 11 is 0. The summed E-state index contributed by atoms with van der Waals surface area (Å²) in [5.41, 5.74) is 6.11. The van der Waals surface area contributed by atoms with Gasteiger partial charge in [0.15, 0.2) is 0 Å². The van der Waals surface area contributed by atoms with E-state index in [4.69, 9.17) is 10.8 Å². The molecular formula is C9H19NO. The fourth-order valence-electron chi connectivity index (χ4n) is 2.27. The van der Waals surface area contributed by atoms with Gasteiger partial charge in [-0.3, -0.25) is 0 Å². The second kappa shape index (κ2) is 2.20. The summed E-state index contributed by atoms with van der Waals surface area (Å²) in [4.78, 5) is 0. The van der Waals surface area contributed by atoms with E-state index in [0.717, 1.165) is 0 Å². The molecule has 0 spiro atoms. The molecule has 1 saturated carbocycles. The van der Waals surface area contributed by atoms with Crippen LogP contribution in [0.25, 0.3) is 0 Å². The van der Waals surface area contributed by atoms with E-state index in [1.165, 1.54) is 0 Å². The largest absolute Gasteiger partial charge is 0.396 e. The average molecular weight is 157 g/mol. The quantitative estimate of drug-likeness (QED) is 0.628. The molecule has 1 aliphatic carbocycles. The number of aliphatic hydroxyl groups excluding tert-OH is 1. The maximum absolute atomic E-state index is 9.10. The highest BCUT2D eigenvalue weighted by Gasteiger charge is 2.61. The van der Waals surface area contributed by atoms with Gasteiger partial charge in [0, 0.05) is 12.6 Å². The van der Waals surface area contributed by atoms with E-state index in [9.17, 15) is 0 Å². The molecule has 2 atom stereocenters. The maximum Gasteiger partial charge on any atom is 0.0485 e. The number of nitrogens with two attached hydrogens (primary N) is 1. The van der Waals surface area contributed by atoms with Crippen LogP contribution in [0, 0.1) is 16.7 Å². The predicted octanol–water partition coefficient (Wildman–Crippen LogP) is 0.988. The molecule has 0 aromatic carbocycles. The Morgan fingerprint density at radius 2 is 1.82 bits per heavy atom. The zero-order valence-corrected chi connectivity index (χ0v) is 7.89. The molecule has 0 amide bonds. The van der Waals surface area contributed by atoms with Crippen molar-refractivity contribution in [1.82, 2.24) is 0 Å². The van der Waals surface area contributed by atoms with E-state index in [1.54, 1.807) is 0 Å². The fourth-order valence-corrected chi connectivity index (χ4v) is 2.27. The molecule has 0 radical (unpaired) electrons. The summed E-state index contributed by atoms with van der Waals surface area (Å²) in [6, 6.07) is 0.268. The number of hydrogen-bond donors (Lipinski definition) is 2. The van der Waals surface area contributed by atoms with Crippen LogP contribution in [0.3, 0.4) is 0 Å². The van der Waals surface area contributed by atoms with Gasteiger partial charge in [-0.15, -0.1) is 0 Å². The van der Waals surface area contributed by atoms with Crippen LogP contribution in [-0.2, 0) is 0 Å². The third kappa shape index (κ3) is 1.18. The van der Waals surface area contributed by atoms with E-state index < -0.39 is 0 Å². The van der Waals surface area contributed by atoms with Crippen LogP contribution in [0.1, 0.15) is 27.7 Å². The monoisotopic (exact) mass is 157 g/mol. The molecule has 0 unspecified atom stereocenters. The van der Waals surface area contributed by atoms with Crippen molar-refractivity contribution in [2.45, 2.75) is 33.7 Å². The lowest BCUT2D eigenvalue weighted by molar-refractivity contribution is 0.123. The van der Waals surface area contributed by atoms with Gasteiger partial charge in [0.1, 0.15) is 0 Å². The summed E-state index contributed by atoms with van der Waals surface area (Å²) in [7, 11) is 0. The topological polar surface area (TPSA) is 46.2 Å². The van der Waals surface area contributed by atoms with Crippen LogP contribution in [0.4, 0.5) is 0 Å². The molecule has 2 nitrogen and oxygen atoms in total. The molecule has 1 fully saturated rings.